The number of likely N-dealkylation sites (tertiary alicyclic amines) is 1. The fourth-order valence-corrected chi connectivity index (χ4v) is 4.44. The molecule has 0 aliphatic carbocycles. The van der Waals surface area contributed by atoms with Gasteiger partial charge in [-0.3, -0.25) is 9.69 Å². The molecule has 4 heteroatoms. The highest BCUT2D eigenvalue weighted by Gasteiger charge is 2.31. The molecule has 0 unspecified atom stereocenters. The van der Waals surface area contributed by atoms with Crippen LogP contribution in [0, 0.1) is 0 Å². The fourth-order valence-electron chi connectivity index (χ4n) is 3.78. The smallest absolute Gasteiger partial charge is 0.227 e. The van der Waals surface area contributed by atoms with E-state index >= 15 is 0 Å². The van der Waals surface area contributed by atoms with Gasteiger partial charge in [0.05, 0.1) is 6.42 Å². The van der Waals surface area contributed by atoms with Gasteiger partial charge in [-0.15, -0.1) is 0 Å². The second-order valence-corrected chi connectivity index (χ2v) is 7.36. The van der Waals surface area contributed by atoms with Crippen LogP contribution in [0.2, 0.25) is 0 Å². The van der Waals surface area contributed by atoms with Crippen molar-refractivity contribution in [3.8, 4) is 0 Å². The van der Waals surface area contributed by atoms with E-state index < -0.39 is 0 Å². The van der Waals surface area contributed by atoms with Crippen LogP contribution in [0.25, 0.3) is 0 Å². The lowest BCUT2D eigenvalue weighted by Gasteiger charge is -2.33. The Morgan fingerprint density at radius 2 is 2.04 bits per heavy atom. The predicted octanol–water partition coefficient (Wildman–Crippen LogP) is 2.95. The van der Waals surface area contributed by atoms with Crippen molar-refractivity contribution in [3.63, 3.8) is 0 Å². The summed E-state index contributed by atoms with van der Waals surface area (Å²) in [6.45, 7) is 3.96. The Hall–Kier alpha value is -1.65. The number of rotatable bonds is 3. The second kappa shape index (κ2) is 6.46. The van der Waals surface area contributed by atoms with Crippen LogP contribution in [0.4, 0.5) is 0 Å². The number of benzene rings is 1. The Morgan fingerprint density at radius 1 is 1.17 bits per heavy atom. The van der Waals surface area contributed by atoms with E-state index in [2.05, 4.69) is 45.5 Å². The lowest BCUT2D eigenvalue weighted by molar-refractivity contribution is -0.129. The number of fused-ring (bicyclic) bond motifs is 1. The molecule has 2 aromatic rings. The van der Waals surface area contributed by atoms with Crippen LogP contribution in [0.5, 0.6) is 0 Å². The fraction of sp³-hybridized carbons (Fsp3) is 0.421. The summed E-state index contributed by atoms with van der Waals surface area (Å²) in [5.41, 5.74) is 4.10. The van der Waals surface area contributed by atoms with Crippen LogP contribution in [-0.2, 0) is 24.2 Å². The van der Waals surface area contributed by atoms with Crippen molar-refractivity contribution in [2.75, 3.05) is 19.6 Å². The molecule has 23 heavy (non-hydrogen) atoms. The van der Waals surface area contributed by atoms with Crippen molar-refractivity contribution in [3.05, 3.63) is 57.8 Å². The van der Waals surface area contributed by atoms with E-state index in [0.717, 1.165) is 44.6 Å². The highest BCUT2D eigenvalue weighted by molar-refractivity contribution is 7.08. The van der Waals surface area contributed by atoms with Crippen molar-refractivity contribution < 1.29 is 4.79 Å². The molecule has 2 aliphatic heterocycles. The molecule has 0 spiro atoms. The van der Waals surface area contributed by atoms with Gasteiger partial charge in [0.1, 0.15) is 0 Å². The Kier molecular flexibility index (Phi) is 4.19. The minimum Gasteiger partial charge on any atom is -0.341 e. The van der Waals surface area contributed by atoms with Crippen molar-refractivity contribution in [1.29, 1.82) is 0 Å². The minimum absolute atomic E-state index is 0.281. The lowest BCUT2D eigenvalue weighted by atomic mass is 9.98. The van der Waals surface area contributed by atoms with E-state index in [-0.39, 0.29) is 5.91 Å². The molecule has 1 saturated heterocycles. The van der Waals surface area contributed by atoms with Gasteiger partial charge in [-0.05, 0) is 46.4 Å². The summed E-state index contributed by atoms with van der Waals surface area (Å²) in [4.78, 5) is 17.1. The Bertz CT molecular complexity index is 682. The van der Waals surface area contributed by atoms with Crippen molar-refractivity contribution in [2.45, 2.75) is 31.8 Å². The normalized spacial score (nSPS) is 21.4. The van der Waals surface area contributed by atoms with Crippen molar-refractivity contribution in [1.82, 2.24) is 9.80 Å². The zero-order chi connectivity index (χ0) is 15.6. The van der Waals surface area contributed by atoms with Crippen LogP contribution in [0.15, 0.2) is 41.1 Å². The van der Waals surface area contributed by atoms with Gasteiger partial charge >= 0.3 is 0 Å². The first-order valence-electron chi connectivity index (χ1n) is 8.39. The maximum absolute atomic E-state index is 12.5. The van der Waals surface area contributed by atoms with E-state index in [9.17, 15) is 4.79 Å². The minimum atomic E-state index is 0.281. The highest BCUT2D eigenvalue weighted by Crippen LogP contribution is 2.24. The maximum atomic E-state index is 12.5. The van der Waals surface area contributed by atoms with Crippen molar-refractivity contribution >= 4 is 17.2 Å². The molecular weight excluding hydrogens is 304 g/mol. The Balaban J connectivity index is 1.36. The third kappa shape index (κ3) is 3.19. The topological polar surface area (TPSA) is 23.6 Å². The summed E-state index contributed by atoms with van der Waals surface area (Å²) in [6.07, 6.45) is 2.80. The summed E-state index contributed by atoms with van der Waals surface area (Å²) < 4.78 is 0. The molecule has 0 radical (unpaired) electrons. The quantitative estimate of drug-likeness (QED) is 0.866. The van der Waals surface area contributed by atoms with Crippen molar-refractivity contribution in [2.24, 2.45) is 0 Å². The first-order chi connectivity index (χ1) is 11.3. The molecule has 1 aromatic carbocycles. The van der Waals surface area contributed by atoms with Gasteiger partial charge in [0.25, 0.3) is 0 Å². The van der Waals surface area contributed by atoms with Gasteiger partial charge in [0.2, 0.25) is 5.91 Å². The summed E-state index contributed by atoms with van der Waals surface area (Å²) >= 11 is 1.66. The third-order valence-electron chi connectivity index (χ3n) is 5.13. The number of hydrogen-bond acceptors (Lipinski definition) is 3. The monoisotopic (exact) mass is 326 g/mol. The highest BCUT2D eigenvalue weighted by atomic mass is 32.1. The average molecular weight is 326 g/mol. The molecule has 3 nitrogen and oxygen atoms in total. The van der Waals surface area contributed by atoms with Crippen LogP contribution in [0.3, 0.4) is 0 Å². The van der Waals surface area contributed by atoms with E-state index in [1.807, 2.05) is 5.38 Å². The SMILES string of the molecule is O=C(Cc1ccsc1)N1CC[C@H](N2CCc3ccccc3C2)C1. The third-order valence-corrected chi connectivity index (χ3v) is 5.86. The molecule has 0 bridgehead atoms. The largest absolute Gasteiger partial charge is 0.341 e. The Labute approximate surface area is 141 Å². The first-order valence-corrected chi connectivity index (χ1v) is 9.33. The average Bonchev–Trinajstić information content (AvgIpc) is 3.26. The molecule has 1 aromatic heterocycles. The standard InChI is InChI=1S/C19H22N2OS/c22-19(11-15-7-10-23-14-15)21-9-6-18(13-21)20-8-5-16-3-1-2-4-17(16)12-20/h1-4,7,10,14,18H,5-6,8-9,11-13H2/t18-/m0/s1. The van der Waals surface area contributed by atoms with Crippen LogP contribution >= 0.6 is 11.3 Å². The molecule has 1 amide bonds. The van der Waals surface area contributed by atoms with E-state index in [0.29, 0.717) is 12.5 Å². The van der Waals surface area contributed by atoms with E-state index in [1.54, 1.807) is 11.3 Å². The number of carbonyl (C=O) groups is 1. The maximum Gasteiger partial charge on any atom is 0.227 e. The Morgan fingerprint density at radius 3 is 2.87 bits per heavy atom. The van der Waals surface area contributed by atoms with E-state index in [1.165, 1.54) is 11.1 Å². The van der Waals surface area contributed by atoms with Crippen LogP contribution < -0.4 is 0 Å². The molecule has 120 valence electrons. The van der Waals surface area contributed by atoms with Gasteiger partial charge in [0.15, 0.2) is 0 Å². The lowest BCUT2D eigenvalue weighted by Crippen LogP contribution is -2.41. The second-order valence-electron chi connectivity index (χ2n) is 6.58. The summed E-state index contributed by atoms with van der Waals surface area (Å²) in [6, 6.07) is 11.3. The summed E-state index contributed by atoms with van der Waals surface area (Å²) in [7, 11) is 0. The van der Waals surface area contributed by atoms with Gasteiger partial charge in [-0.25, -0.2) is 0 Å². The number of amides is 1. The van der Waals surface area contributed by atoms with Gasteiger partial charge in [0, 0.05) is 32.2 Å². The molecular formula is C19H22N2OS. The zero-order valence-electron chi connectivity index (χ0n) is 13.3. The molecule has 2 aliphatic rings. The number of carbonyl (C=O) groups excluding carboxylic acids is 1. The molecule has 0 saturated carbocycles. The first kappa shape index (κ1) is 14.9. The zero-order valence-corrected chi connectivity index (χ0v) is 14.1. The van der Waals surface area contributed by atoms with E-state index in [4.69, 9.17) is 0 Å². The van der Waals surface area contributed by atoms with Crippen LogP contribution in [0.1, 0.15) is 23.1 Å². The number of thiophene rings is 1. The molecule has 3 heterocycles. The summed E-state index contributed by atoms with van der Waals surface area (Å²) in [5.74, 6) is 0.281. The molecule has 0 N–H and O–H groups in total. The number of hydrogen-bond donors (Lipinski definition) is 0. The molecule has 1 atom stereocenters. The summed E-state index contributed by atoms with van der Waals surface area (Å²) in [5, 5.41) is 4.12. The van der Waals surface area contributed by atoms with Gasteiger partial charge < -0.3 is 4.90 Å². The number of nitrogens with zero attached hydrogens (tertiary/aromatic N) is 2. The predicted molar refractivity (Wildman–Crippen MR) is 93.6 cm³/mol. The molecule has 4 rings (SSSR count). The van der Waals surface area contributed by atoms with Gasteiger partial charge in [-0.2, -0.15) is 11.3 Å². The molecule has 1 fully saturated rings. The van der Waals surface area contributed by atoms with Crippen LogP contribution in [-0.4, -0.2) is 41.4 Å². The van der Waals surface area contributed by atoms with Gasteiger partial charge in [-0.1, -0.05) is 24.3 Å².